The van der Waals surface area contributed by atoms with E-state index in [-0.39, 0.29) is 6.09 Å². The number of carbonyl (C=O) groups excluding carboxylic acids is 1. The Bertz CT molecular complexity index is 306. The first kappa shape index (κ1) is 14.6. The maximum atomic E-state index is 12.1. The fourth-order valence-corrected chi connectivity index (χ4v) is 2.04. The van der Waals surface area contributed by atoms with Crippen molar-refractivity contribution in [3.63, 3.8) is 0 Å². The van der Waals surface area contributed by atoms with E-state index < -0.39 is 5.60 Å². The minimum atomic E-state index is -0.411. The molecule has 2 aliphatic rings. The predicted octanol–water partition coefficient (Wildman–Crippen LogP) is 1.76. The highest BCUT2D eigenvalue weighted by Crippen LogP contribution is 2.28. The van der Waals surface area contributed by atoms with E-state index in [1.807, 2.05) is 25.7 Å². The molecule has 0 aromatic heterocycles. The van der Waals surface area contributed by atoms with E-state index in [1.54, 1.807) is 0 Å². The molecule has 5 heteroatoms. The van der Waals surface area contributed by atoms with E-state index in [0.717, 1.165) is 45.6 Å². The van der Waals surface area contributed by atoms with Gasteiger partial charge in [0.1, 0.15) is 5.60 Å². The van der Waals surface area contributed by atoms with Crippen LogP contribution in [0.15, 0.2) is 0 Å². The van der Waals surface area contributed by atoms with E-state index in [9.17, 15) is 4.79 Å². The number of amides is 1. The normalized spacial score (nSPS) is 19.9. The molecule has 0 spiro atoms. The van der Waals surface area contributed by atoms with Gasteiger partial charge in [-0.25, -0.2) is 4.79 Å². The molecule has 110 valence electrons. The Hall–Kier alpha value is -0.810. The van der Waals surface area contributed by atoms with Crippen LogP contribution in [0.3, 0.4) is 0 Å². The summed E-state index contributed by atoms with van der Waals surface area (Å²) in [6.07, 6.45) is 3.03. The molecule has 19 heavy (non-hydrogen) atoms. The smallest absolute Gasteiger partial charge is 0.410 e. The van der Waals surface area contributed by atoms with Crippen molar-refractivity contribution in [2.75, 3.05) is 26.3 Å². The molecule has 1 aliphatic heterocycles. The van der Waals surface area contributed by atoms with E-state index >= 15 is 0 Å². The van der Waals surface area contributed by atoms with Gasteiger partial charge < -0.3 is 19.7 Å². The SMILES string of the molecule is CC(C)(C)OC(=O)N(CCCNC1COC1)C1CC1. The lowest BCUT2D eigenvalue weighted by atomic mass is 10.2. The van der Waals surface area contributed by atoms with Gasteiger partial charge >= 0.3 is 6.09 Å². The van der Waals surface area contributed by atoms with E-state index in [4.69, 9.17) is 9.47 Å². The van der Waals surface area contributed by atoms with Crippen LogP contribution in [-0.4, -0.2) is 55.0 Å². The van der Waals surface area contributed by atoms with Gasteiger partial charge in [0, 0.05) is 12.6 Å². The van der Waals surface area contributed by atoms with Crippen molar-refractivity contribution >= 4 is 6.09 Å². The fourth-order valence-electron chi connectivity index (χ4n) is 2.04. The van der Waals surface area contributed by atoms with E-state index in [0.29, 0.717) is 12.1 Å². The lowest BCUT2D eigenvalue weighted by molar-refractivity contribution is -0.00558. The lowest BCUT2D eigenvalue weighted by Crippen LogP contribution is -2.47. The molecule has 1 aliphatic carbocycles. The summed E-state index contributed by atoms with van der Waals surface area (Å²) < 4.78 is 10.6. The van der Waals surface area contributed by atoms with Gasteiger partial charge in [-0.15, -0.1) is 0 Å². The van der Waals surface area contributed by atoms with Crippen LogP contribution in [0.25, 0.3) is 0 Å². The summed E-state index contributed by atoms with van der Waals surface area (Å²) in [6, 6.07) is 0.915. The molecule has 1 saturated heterocycles. The van der Waals surface area contributed by atoms with Crippen LogP contribution in [0, 0.1) is 0 Å². The standard InChI is InChI=1S/C14H26N2O3/c1-14(2,3)19-13(17)16(12-5-6-12)8-4-7-15-11-9-18-10-11/h11-12,15H,4-10H2,1-3H3. The van der Waals surface area contributed by atoms with Crippen LogP contribution in [0.1, 0.15) is 40.0 Å². The van der Waals surface area contributed by atoms with Gasteiger partial charge in [-0.1, -0.05) is 0 Å². The Morgan fingerprint density at radius 2 is 2.05 bits per heavy atom. The van der Waals surface area contributed by atoms with Crippen molar-refractivity contribution < 1.29 is 14.3 Å². The summed E-state index contributed by atoms with van der Waals surface area (Å²) in [4.78, 5) is 14.0. The van der Waals surface area contributed by atoms with Gasteiger partial charge in [-0.05, 0) is 46.6 Å². The minimum Gasteiger partial charge on any atom is -0.444 e. The molecule has 0 atom stereocenters. The van der Waals surface area contributed by atoms with Gasteiger partial charge in [0.2, 0.25) is 0 Å². The number of rotatable bonds is 6. The van der Waals surface area contributed by atoms with Crippen LogP contribution in [0.4, 0.5) is 4.79 Å². The fraction of sp³-hybridized carbons (Fsp3) is 0.929. The molecule has 1 N–H and O–H groups in total. The van der Waals surface area contributed by atoms with Crippen molar-refractivity contribution in [3.05, 3.63) is 0 Å². The van der Waals surface area contributed by atoms with Crippen LogP contribution < -0.4 is 5.32 Å². The number of ether oxygens (including phenoxy) is 2. The van der Waals surface area contributed by atoms with E-state index in [2.05, 4.69) is 5.32 Å². The second-order valence-electron chi connectivity index (χ2n) is 6.45. The second-order valence-corrected chi connectivity index (χ2v) is 6.45. The first-order chi connectivity index (χ1) is 8.96. The number of hydrogen-bond acceptors (Lipinski definition) is 4. The minimum absolute atomic E-state index is 0.165. The zero-order valence-corrected chi connectivity index (χ0v) is 12.3. The van der Waals surface area contributed by atoms with Gasteiger partial charge in [-0.3, -0.25) is 0 Å². The Kier molecular flexibility index (Phi) is 4.68. The van der Waals surface area contributed by atoms with Gasteiger partial charge in [0.05, 0.1) is 19.3 Å². The largest absolute Gasteiger partial charge is 0.444 e. The quantitative estimate of drug-likeness (QED) is 0.747. The zero-order valence-electron chi connectivity index (χ0n) is 12.3. The Balaban J connectivity index is 1.68. The summed E-state index contributed by atoms with van der Waals surface area (Å²) in [5, 5.41) is 3.42. The first-order valence-electron chi connectivity index (χ1n) is 7.26. The highest BCUT2D eigenvalue weighted by atomic mass is 16.6. The average molecular weight is 270 g/mol. The molecular formula is C14H26N2O3. The third kappa shape index (κ3) is 4.99. The number of nitrogens with zero attached hydrogens (tertiary/aromatic N) is 1. The molecule has 5 nitrogen and oxygen atoms in total. The Labute approximate surface area is 115 Å². The molecule has 1 amide bonds. The molecular weight excluding hydrogens is 244 g/mol. The van der Waals surface area contributed by atoms with Gasteiger partial charge in [0.25, 0.3) is 0 Å². The van der Waals surface area contributed by atoms with Crippen molar-refractivity contribution in [1.82, 2.24) is 10.2 Å². The molecule has 1 saturated carbocycles. The van der Waals surface area contributed by atoms with E-state index in [1.165, 1.54) is 0 Å². The third-order valence-electron chi connectivity index (χ3n) is 3.26. The highest BCUT2D eigenvalue weighted by Gasteiger charge is 2.34. The van der Waals surface area contributed by atoms with Gasteiger partial charge in [-0.2, -0.15) is 0 Å². The Morgan fingerprint density at radius 3 is 2.53 bits per heavy atom. The lowest BCUT2D eigenvalue weighted by Gasteiger charge is -2.29. The molecule has 2 rings (SSSR count). The molecule has 0 radical (unpaired) electrons. The molecule has 1 heterocycles. The van der Waals surface area contributed by atoms with Crippen molar-refractivity contribution in [3.8, 4) is 0 Å². The maximum absolute atomic E-state index is 12.1. The topological polar surface area (TPSA) is 50.8 Å². The molecule has 0 aromatic carbocycles. The van der Waals surface area contributed by atoms with Crippen LogP contribution in [0.5, 0.6) is 0 Å². The van der Waals surface area contributed by atoms with Crippen molar-refractivity contribution in [2.45, 2.75) is 57.7 Å². The average Bonchev–Trinajstić information content (AvgIpc) is 3.01. The summed E-state index contributed by atoms with van der Waals surface area (Å²) in [7, 11) is 0. The molecule has 0 unspecified atom stereocenters. The summed E-state index contributed by atoms with van der Waals surface area (Å²) in [6.45, 7) is 9.08. The summed E-state index contributed by atoms with van der Waals surface area (Å²) >= 11 is 0. The predicted molar refractivity (Wildman–Crippen MR) is 73.2 cm³/mol. The van der Waals surface area contributed by atoms with Crippen LogP contribution >= 0.6 is 0 Å². The van der Waals surface area contributed by atoms with Crippen molar-refractivity contribution in [2.24, 2.45) is 0 Å². The number of nitrogens with one attached hydrogen (secondary N) is 1. The molecule has 2 fully saturated rings. The monoisotopic (exact) mass is 270 g/mol. The molecule has 0 bridgehead atoms. The molecule has 0 aromatic rings. The zero-order chi connectivity index (χ0) is 13.9. The summed E-state index contributed by atoms with van der Waals surface area (Å²) in [5.74, 6) is 0. The Morgan fingerprint density at radius 1 is 1.37 bits per heavy atom. The first-order valence-corrected chi connectivity index (χ1v) is 7.26. The highest BCUT2D eigenvalue weighted by molar-refractivity contribution is 5.69. The maximum Gasteiger partial charge on any atom is 0.410 e. The third-order valence-corrected chi connectivity index (χ3v) is 3.26. The van der Waals surface area contributed by atoms with Crippen molar-refractivity contribution in [1.29, 1.82) is 0 Å². The van der Waals surface area contributed by atoms with Crippen LogP contribution in [-0.2, 0) is 9.47 Å². The number of carbonyl (C=O) groups is 1. The summed E-state index contributed by atoms with van der Waals surface area (Å²) in [5.41, 5.74) is -0.411. The number of hydrogen-bond donors (Lipinski definition) is 1. The second kappa shape index (κ2) is 6.09. The van der Waals surface area contributed by atoms with Crippen LogP contribution in [0.2, 0.25) is 0 Å². The van der Waals surface area contributed by atoms with Gasteiger partial charge in [0.15, 0.2) is 0 Å².